The number of imidazole rings is 1. The lowest BCUT2D eigenvalue weighted by molar-refractivity contribution is 0.0242. The summed E-state index contributed by atoms with van der Waals surface area (Å²) in [4.78, 5) is 22.6. The molecule has 0 aliphatic carbocycles. The molecule has 22 heavy (non-hydrogen) atoms. The van der Waals surface area contributed by atoms with Crippen LogP contribution >= 0.6 is 0 Å². The molecular formula is C16H20N4O2. The molecule has 0 unspecified atom stereocenters. The zero-order valence-electron chi connectivity index (χ0n) is 13.3. The van der Waals surface area contributed by atoms with Crippen LogP contribution in [-0.4, -0.2) is 31.1 Å². The number of fused-ring (bicyclic) bond motifs is 1. The van der Waals surface area contributed by atoms with Crippen LogP contribution in [0.2, 0.25) is 0 Å². The molecule has 1 amide bonds. The van der Waals surface area contributed by atoms with Gasteiger partial charge in [-0.15, -0.1) is 0 Å². The normalized spacial score (nSPS) is 14.1. The van der Waals surface area contributed by atoms with E-state index in [1.54, 1.807) is 11.1 Å². The van der Waals surface area contributed by atoms with Crippen molar-refractivity contribution < 1.29 is 9.53 Å². The van der Waals surface area contributed by atoms with Crippen molar-refractivity contribution in [3.63, 3.8) is 0 Å². The Kier molecular flexibility index (Phi) is 3.39. The second kappa shape index (κ2) is 5.12. The molecule has 116 valence electrons. The van der Waals surface area contributed by atoms with Crippen LogP contribution < -0.4 is 0 Å². The van der Waals surface area contributed by atoms with Gasteiger partial charge in [0.25, 0.3) is 0 Å². The average Bonchev–Trinajstić information content (AvgIpc) is 3.01. The van der Waals surface area contributed by atoms with E-state index in [9.17, 15) is 4.79 Å². The maximum atomic E-state index is 12.2. The zero-order chi connectivity index (χ0) is 15.9. The van der Waals surface area contributed by atoms with E-state index < -0.39 is 5.60 Å². The molecule has 0 saturated heterocycles. The van der Waals surface area contributed by atoms with Gasteiger partial charge in [0.15, 0.2) is 5.82 Å². The van der Waals surface area contributed by atoms with Crippen LogP contribution in [0.1, 0.15) is 31.9 Å². The van der Waals surface area contributed by atoms with Gasteiger partial charge in [-0.1, -0.05) is 0 Å². The molecule has 0 saturated carbocycles. The minimum Gasteiger partial charge on any atom is -0.444 e. The summed E-state index contributed by atoms with van der Waals surface area (Å²) in [7, 11) is 1.93. The topological polar surface area (TPSA) is 60.2 Å². The molecule has 0 fully saturated rings. The molecule has 6 nitrogen and oxygen atoms in total. The summed E-state index contributed by atoms with van der Waals surface area (Å²) in [6.07, 6.45) is 5.17. The second-order valence-electron chi connectivity index (χ2n) is 6.54. The third-order valence-electron chi connectivity index (χ3n) is 3.51. The molecule has 3 rings (SSSR count). The van der Waals surface area contributed by atoms with Crippen molar-refractivity contribution in [1.29, 1.82) is 0 Å². The van der Waals surface area contributed by atoms with Crippen molar-refractivity contribution in [2.75, 3.05) is 0 Å². The molecule has 2 aromatic rings. The molecule has 1 aliphatic heterocycles. The summed E-state index contributed by atoms with van der Waals surface area (Å²) in [5.74, 6) is 0.818. The smallest absolute Gasteiger partial charge is 0.410 e. The number of rotatable bonds is 1. The van der Waals surface area contributed by atoms with E-state index in [1.807, 2.05) is 50.8 Å². The van der Waals surface area contributed by atoms with Crippen molar-refractivity contribution in [1.82, 2.24) is 19.4 Å². The highest BCUT2D eigenvalue weighted by Gasteiger charge is 2.28. The van der Waals surface area contributed by atoms with Gasteiger partial charge in [-0.2, -0.15) is 0 Å². The maximum absolute atomic E-state index is 12.2. The third kappa shape index (κ3) is 2.81. The molecule has 1 aliphatic rings. The Morgan fingerprint density at radius 3 is 2.59 bits per heavy atom. The van der Waals surface area contributed by atoms with E-state index in [1.165, 1.54) is 0 Å². The van der Waals surface area contributed by atoms with Crippen molar-refractivity contribution in [3.8, 4) is 11.5 Å². The number of carbonyl (C=O) groups excluding carboxylic acids is 1. The standard InChI is InChI=1S/C16H20N4O2/c1-16(2,3)22-15(21)20-9-11-7-13(18-8-12(11)10-20)14-17-5-6-19(14)4/h5-8H,9-10H2,1-4H3. The van der Waals surface area contributed by atoms with Gasteiger partial charge in [-0.3, -0.25) is 9.88 Å². The lowest BCUT2D eigenvalue weighted by atomic mass is 10.1. The first-order chi connectivity index (χ1) is 10.3. The first kappa shape index (κ1) is 14.6. The Labute approximate surface area is 129 Å². The monoisotopic (exact) mass is 300 g/mol. The van der Waals surface area contributed by atoms with E-state index >= 15 is 0 Å². The highest BCUT2D eigenvalue weighted by Crippen LogP contribution is 2.27. The number of amides is 1. The van der Waals surface area contributed by atoms with Gasteiger partial charge >= 0.3 is 6.09 Å². The Hall–Kier alpha value is -2.37. The summed E-state index contributed by atoms with van der Waals surface area (Å²) in [5, 5.41) is 0. The minimum atomic E-state index is -0.484. The van der Waals surface area contributed by atoms with Gasteiger partial charge in [0.2, 0.25) is 0 Å². The fraction of sp³-hybridized carbons (Fsp3) is 0.438. The first-order valence-corrected chi connectivity index (χ1v) is 7.27. The minimum absolute atomic E-state index is 0.290. The molecule has 0 atom stereocenters. The Morgan fingerprint density at radius 2 is 1.95 bits per heavy atom. The Morgan fingerprint density at radius 1 is 1.23 bits per heavy atom. The third-order valence-corrected chi connectivity index (χ3v) is 3.51. The number of hydrogen-bond donors (Lipinski definition) is 0. The molecule has 0 aromatic carbocycles. The molecule has 0 radical (unpaired) electrons. The quantitative estimate of drug-likeness (QED) is 0.812. The van der Waals surface area contributed by atoms with E-state index in [0.29, 0.717) is 13.1 Å². The number of pyridine rings is 1. The van der Waals surface area contributed by atoms with Crippen LogP contribution in [0.3, 0.4) is 0 Å². The number of carbonyl (C=O) groups is 1. The van der Waals surface area contributed by atoms with Crippen molar-refractivity contribution >= 4 is 6.09 Å². The number of ether oxygens (including phenoxy) is 1. The van der Waals surface area contributed by atoms with E-state index in [4.69, 9.17) is 4.74 Å². The zero-order valence-corrected chi connectivity index (χ0v) is 13.3. The summed E-state index contributed by atoms with van der Waals surface area (Å²) >= 11 is 0. The van der Waals surface area contributed by atoms with E-state index in [-0.39, 0.29) is 6.09 Å². The Balaban J connectivity index is 1.80. The molecule has 0 N–H and O–H groups in total. The van der Waals surface area contributed by atoms with E-state index in [2.05, 4.69) is 9.97 Å². The second-order valence-corrected chi connectivity index (χ2v) is 6.54. The molecule has 0 bridgehead atoms. The maximum Gasteiger partial charge on any atom is 0.410 e. The summed E-state index contributed by atoms with van der Waals surface area (Å²) in [6, 6.07) is 2.00. The van der Waals surface area contributed by atoms with E-state index in [0.717, 1.165) is 22.6 Å². The number of nitrogens with zero attached hydrogens (tertiary/aromatic N) is 4. The molecular weight excluding hydrogens is 280 g/mol. The Bertz CT molecular complexity index is 715. The summed E-state index contributed by atoms with van der Waals surface area (Å²) in [6.45, 7) is 6.70. The number of aromatic nitrogens is 3. The van der Waals surface area contributed by atoms with Crippen LogP contribution in [0.25, 0.3) is 11.5 Å². The SMILES string of the molecule is Cn1ccnc1-c1cc2c(cn1)CN(C(=O)OC(C)(C)C)C2. The van der Waals surface area contributed by atoms with Gasteiger partial charge in [0, 0.05) is 32.2 Å². The largest absolute Gasteiger partial charge is 0.444 e. The van der Waals surface area contributed by atoms with Gasteiger partial charge in [0.05, 0.1) is 6.54 Å². The van der Waals surface area contributed by atoms with Gasteiger partial charge < -0.3 is 9.30 Å². The lowest BCUT2D eigenvalue weighted by Crippen LogP contribution is -2.33. The molecule has 6 heteroatoms. The lowest BCUT2D eigenvalue weighted by Gasteiger charge is -2.24. The molecule has 3 heterocycles. The predicted octanol–water partition coefficient (Wildman–Crippen LogP) is 2.73. The van der Waals surface area contributed by atoms with Gasteiger partial charge in [0.1, 0.15) is 11.3 Å². The highest BCUT2D eigenvalue weighted by atomic mass is 16.6. The van der Waals surface area contributed by atoms with Gasteiger partial charge in [-0.25, -0.2) is 9.78 Å². The van der Waals surface area contributed by atoms with Crippen molar-refractivity contribution in [3.05, 3.63) is 35.8 Å². The average molecular weight is 300 g/mol. The summed E-state index contributed by atoms with van der Waals surface area (Å²) in [5.41, 5.74) is 2.49. The van der Waals surface area contributed by atoms with Gasteiger partial charge in [-0.05, 0) is 38.0 Å². The van der Waals surface area contributed by atoms with Crippen LogP contribution in [0.4, 0.5) is 4.79 Å². The number of hydrogen-bond acceptors (Lipinski definition) is 4. The van der Waals surface area contributed by atoms with Crippen LogP contribution in [0, 0.1) is 0 Å². The van der Waals surface area contributed by atoms with Crippen LogP contribution in [0.5, 0.6) is 0 Å². The predicted molar refractivity (Wildman–Crippen MR) is 81.9 cm³/mol. The fourth-order valence-corrected chi connectivity index (χ4v) is 2.47. The molecule has 0 spiro atoms. The first-order valence-electron chi connectivity index (χ1n) is 7.27. The van der Waals surface area contributed by atoms with Crippen molar-refractivity contribution in [2.45, 2.75) is 39.5 Å². The van der Waals surface area contributed by atoms with Crippen molar-refractivity contribution in [2.24, 2.45) is 7.05 Å². The number of aryl methyl sites for hydroxylation is 1. The molecule has 2 aromatic heterocycles. The summed E-state index contributed by atoms with van der Waals surface area (Å²) < 4.78 is 7.35. The van der Waals surface area contributed by atoms with Crippen LogP contribution in [-0.2, 0) is 24.9 Å². The van der Waals surface area contributed by atoms with Crippen LogP contribution in [0.15, 0.2) is 24.7 Å². The highest BCUT2D eigenvalue weighted by molar-refractivity contribution is 5.69. The fourth-order valence-electron chi connectivity index (χ4n) is 2.47.